The first-order chi connectivity index (χ1) is 17.8. The van der Waals surface area contributed by atoms with Crippen molar-refractivity contribution in [1.82, 2.24) is 0 Å². The van der Waals surface area contributed by atoms with Crippen molar-refractivity contribution in [3.63, 3.8) is 0 Å². The minimum atomic E-state index is -0.155. The average molecular weight is 493 g/mol. The van der Waals surface area contributed by atoms with Crippen molar-refractivity contribution in [3.8, 4) is 11.5 Å². The van der Waals surface area contributed by atoms with Crippen molar-refractivity contribution < 1.29 is 14.3 Å². The second-order valence-corrected chi connectivity index (χ2v) is 9.61. The summed E-state index contributed by atoms with van der Waals surface area (Å²) < 4.78 is 5.91. The van der Waals surface area contributed by atoms with Gasteiger partial charge >= 0.3 is 0 Å². The number of anilines is 2. The molecule has 4 rings (SSSR count). The number of carbonyl (C=O) groups excluding carboxylic acids is 2. The molecule has 0 heterocycles. The molecule has 0 radical (unpaired) electrons. The van der Waals surface area contributed by atoms with Gasteiger partial charge in [0.1, 0.15) is 11.5 Å². The number of hydrogen-bond donors (Lipinski definition) is 2. The summed E-state index contributed by atoms with van der Waals surface area (Å²) in [6, 6.07) is 29.7. The van der Waals surface area contributed by atoms with Crippen molar-refractivity contribution in [2.45, 2.75) is 39.5 Å². The van der Waals surface area contributed by atoms with Gasteiger partial charge in [-0.3, -0.25) is 9.59 Å². The van der Waals surface area contributed by atoms with Crippen LogP contribution in [0.5, 0.6) is 11.5 Å². The Balaban J connectivity index is 1.31. The molecule has 0 aliphatic heterocycles. The minimum Gasteiger partial charge on any atom is -0.457 e. The molecular formula is C32H32N2O3. The first-order valence-corrected chi connectivity index (χ1v) is 12.5. The van der Waals surface area contributed by atoms with Crippen LogP contribution in [0, 0.1) is 0 Å². The van der Waals surface area contributed by atoms with Crippen molar-refractivity contribution in [1.29, 1.82) is 0 Å². The molecule has 4 aromatic rings. The third-order valence-corrected chi connectivity index (χ3v) is 6.14. The van der Waals surface area contributed by atoms with Crippen LogP contribution < -0.4 is 15.4 Å². The van der Waals surface area contributed by atoms with Gasteiger partial charge in [-0.15, -0.1) is 0 Å². The second kappa shape index (κ2) is 11.6. The zero-order valence-electron chi connectivity index (χ0n) is 21.6. The summed E-state index contributed by atoms with van der Waals surface area (Å²) in [5, 5.41) is 5.82. The topological polar surface area (TPSA) is 67.4 Å². The minimum absolute atomic E-state index is 0.155. The molecule has 188 valence electrons. The first-order valence-electron chi connectivity index (χ1n) is 12.5. The van der Waals surface area contributed by atoms with Crippen LogP contribution in [-0.4, -0.2) is 11.8 Å². The van der Waals surface area contributed by atoms with E-state index in [-0.39, 0.29) is 11.8 Å². The van der Waals surface area contributed by atoms with E-state index < -0.39 is 0 Å². The SMILES string of the molecule is CC(C)c1ccc(C(=O)Nc2ccc(Oc3ccc(NC(=O)c4ccc(C(C)C)cc4)cc3)cc2)cc1. The molecule has 0 atom stereocenters. The molecule has 0 aliphatic rings. The van der Waals surface area contributed by atoms with E-state index in [2.05, 4.69) is 38.3 Å². The number of amides is 2. The molecule has 2 amide bonds. The van der Waals surface area contributed by atoms with E-state index >= 15 is 0 Å². The molecular weight excluding hydrogens is 460 g/mol. The smallest absolute Gasteiger partial charge is 0.255 e. The number of benzene rings is 4. The van der Waals surface area contributed by atoms with Gasteiger partial charge in [0, 0.05) is 22.5 Å². The van der Waals surface area contributed by atoms with Crippen LogP contribution in [0.1, 0.15) is 71.4 Å². The summed E-state index contributed by atoms with van der Waals surface area (Å²) in [6.07, 6.45) is 0. The molecule has 5 heteroatoms. The van der Waals surface area contributed by atoms with Gasteiger partial charge in [-0.1, -0.05) is 52.0 Å². The van der Waals surface area contributed by atoms with Crippen LogP contribution in [0.4, 0.5) is 11.4 Å². The summed E-state index contributed by atoms with van der Waals surface area (Å²) in [4.78, 5) is 25.1. The summed E-state index contributed by atoms with van der Waals surface area (Å²) >= 11 is 0. The Morgan fingerprint density at radius 3 is 1.14 bits per heavy atom. The van der Waals surface area contributed by atoms with Crippen LogP contribution in [0.3, 0.4) is 0 Å². The van der Waals surface area contributed by atoms with Gasteiger partial charge < -0.3 is 15.4 Å². The Morgan fingerprint density at radius 1 is 0.514 bits per heavy atom. The maximum atomic E-state index is 12.5. The lowest BCUT2D eigenvalue weighted by atomic mass is 10.0. The summed E-state index contributed by atoms with van der Waals surface area (Å²) in [5.74, 6) is 1.82. The predicted molar refractivity (Wildman–Crippen MR) is 150 cm³/mol. The zero-order valence-corrected chi connectivity index (χ0v) is 21.6. The molecule has 0 saturated heterocycles. The fraction of sp³-hybridized carbons (Fsp3) is 0.188. The highest BCUT2D eigenvalue weighted by Gasteiger charge is 2.09. The highest BCUT2D eigenvalue weighted by atomic mass is 16.5. The Hall–Kier alpha value is -4.38. The average Bonchev–Trinajstić information content (AvgIpc) is 2.91. The van der Waals surface area contributed by atoms with Crippen LogP contribution in [-0.2, 0) is 0 Å². The third kappa shape index (κ3) is 6.85. The van der Waals surface area contributed by atoms with E-state index in [0.29, 0.717) is 45.8 Å². The fourth-order valence-electron chi connectivity index (χ4n) is 3.79. The monoisotopic (exact) mass is 492 g/mol. The van der Waals surface area contributed by atoms with Crippen LogP contribution in [0.15, 0.2) is 97.1 Å². The Bertz CT molecular complexity index is 1230. The zero-order chi connectivity index (χ0) is 26.4. The second-order valence-electron chi connectivity index (χ2n) is 9.61. The molecule has 37 heavy (non-hydrogen) atoms. The van der Waals surface area contributed by atoms with Gasteiger partial charge in [0.05, 0.1) is 0 Å². The fourth-order valence-corrected chi connectivity index (χ4v) is 3.79. The van der Waals surface area contributed by atoms with Crippen molar-refractivity contribution in [2.75, 3.05) is 10.6 Å². The molecule has 4 aromatic carbocycles. The van der Waals surface area contributed by atoms with Gasteiger partial charge in [0.25, 0.3) is 11.8 Å². The van der Waals surface area contributed by atoms with E-state index in [1.54, 1.807) is 48.5 Å². The van der Waals surface area contributed by atoms with Gasteiger partial charge in [0.15, 0.2) is 0 Å². The van der Waals surface area contributed by atoms with Gasteiger partial charge in [0.2, 0.25) is 0 Å². The highest BCUT2D eigenvalue weighted by Crippen LogP contribution is 2.25. The van der Waals surface area contributed by atoms with E-state index in [1.807, 2.05) is 48.5 Å². The Labute approximate surface area is 218 Å². The van der Waals surface area contributed by atoms with E-state index in [0.717, 1.165) is 0 Å². The van der Waals surface area contributed by atoms with Gasteiger partial charge in [-0.05, 0) is 95.8 Å². The largest absolute Gasteiger partial charge is 0.457 e. The van der Waals surface area contributed by atoms with Crippen molar-refractivity contribution in [2.24, 2.45) is 0 Å². The summed E-state index contributed by atoms with van der Waals surface area (Å²) in [7, 11) is 0. The van der Waals surface area contributed by atoms with Crippen molar-refractivity contribution >= 4 is 23.2 Å². The lowest BCUT2D eigenvalue weighted by Gasteiger charge is -2.10. The Kier molecular flexibility index (Phi) is 8.04. The third-order valence-electron chi connectivity index (χ3n) is 6.14. The molecule has 0 unspecified atom stereocenters. The van der Waals surface area contributed by atoms with Crippen LogP contribution >= 0.6 is 0 Å². The van der Waals surface area contributed by atoms with E-state index in [9.17, 15) is 9.59 Å². The van der Waals surface area contributed by atoms with Crippen molar-refractivity contribution in [3.05, 3.63) is 119 Å². The maximum absolute atomic E-state index is 12.5. The van der Waals surface area contributed by atoms with Crippen LogP contribution in [0.2, 0.25) is 0 Å². The lowest BCUT2D eigenvalue weighted by Crippen LogP contribution is -2.11. The summed E-state index contributed by atoms with van der Waals surface area (Å²) in [5.41, 5.74) is 5.00. The number of hydrogen-bond acceptors (Lipinski definition) is 3. The Morgan fingerprint density at radius 2 is 0.838 bits per heavy atom. The number of rotatable bonds is 8. The molecule has 0 fully saturated rings. The lowest BCUT2D eigenvalue weighted by molar-refractivity contribution is 0.101. The number of nitrogens with one attached hydrogen (secondary N) is 2. The normalized spacial score (nSPS) is 10.9. The highest BCUT2D eigenvalue weighted by molar-refractivity contribution is 6.04. The molecule has 2 N–H and O–H groups in total. The molecule has 0 saturated carbocycles. The predicted octanol–water partition coefficient (Wildman–Crippen LogP) is 8.23. The number of ether oxygens (including phenoxy) is 1. The first kappa shape index (κ1) is 25.7. The molecule has 0 aliphatic carbocycles. The molecule has 0 spiro atoms. The van der Waals surface area contributed by atoms with Gasteiger partial charge in [-0.2, -0.15) is 0 Å². The molecule has 5 nitrogen and oxygen atoms in total. The standard InChI is InChI=1S/C32H32N2O3/c1-21(2)23-5-9-25(10-6-23)31(35)33-27-13-17-29(18-14-27)37-30-19-15-28(16-20-30)34-32(36)26-11-7-24(8-12-26)22(3)4/h5-22H,1-4H3,(H,33,35)(H,34,36). The van der Waals surface area contributed by atoms with E-state index in [4.69, 9.17) is 4.74 Å². The molecule has 0 bridgehead atoms. The maximum Gasteiger partial charge on any atom is 0.255 e. The number of carbonyl (C=O) groups is 2. The quantitative estimate of drug-likeness (QED) is 0.260. The van der Waals surface area contributed by atoms with E-state index in [1.165, 1.54) is 11.1 Å². The summed E-state index contributed by atoms with van der Waals surface area (Å²) in [6.45, 7) is 8.49. The van der Waals surface area contributed by atoms with Gasteiger partial charge in [-0.25, -0.2) is 0 Å². The van der Waals surface area contributed by atoms with Crippen LogP contribution in [0.25, 0.3) is 0 Å². The molecule has 0 aromatic heterocycles.